The molecule has 1 unspecified atom stereocenters. The lowest BCUT2D eigenvalue weighted by Crippen LogP contribution is -2.26. The molecule has 0 saturated carbocycles. The lowest BCUT2D eigenvalue weighted by Gasteiger charge is -2.13. The summed E-state index contributed by atoms with van der Waals surface area (Å²) in [4.78, 5) is 24.2. The summed E-state index contributed by atoms with van der Waals surface area (Å²) in [7, 11) is 1.47. The van der Waals surface area contributed by atoms with Gasteiger partial charge in [0.1, 0.15) is 5.75 Å². The third-order valence-electron chi connectivity index (χ3n) is 4.27. The third-order valence-corrected chi connectivity index (χ3v) is 4.27. The van der Waals surface area contributed by atoms with Crippen LogP contribution in [0.1, 0.15) is 17.2 Å². The van der Waals surface area contributed by atoms with Crippen molar-refractivity contribution >= 4 is 23.7 Å². The summed E-state index contributed by atoms with van der Waals surface area (Å²) in [6, 6.07) is 25.3. The van der Waals surface area contributed by atoms with Crippen molar-refractivity contribution in [2.24, 2.45) is 5.10 Å². The zero-order valence-corrected chi connectivity index (χ0v) is 17.0. The normalized spacial score (nSPS) is 11.6. The molecule has 31 heavy (non-hydrogen) atoms. The molecule has 3 aromatic rings. The summed E-state index contributed by atoms with van der Waals surface area (Å²) in [6.07, 6.45) is 0.776. The SMILES string of the molecule is COC(C(=O)NN=Cc1ccc(OCC(=O)Nc2ccccc2)cc1)c1ccccc1. The van der Waals surface area contributed by atoms with Gasteiger partial charge in [-0.1, -0.05) is 48.5 Å². The molecule has 0 fully saturated rings. The molecule has 7 nitrogen and oxygen atoms in total. The van der Waals surface area contributed by atoms with Gasteiger partial charge in [-0.15, -0.1) is 0 Å². The van der Waals surface area contributed by atoms with Gasteiger partial charge in [-0.2, -0.15) is 5.10 Å². The number of carbonyl (C=O) groups excluding carboxylic acids is 2. The second kappa shape index (κ2) is 11.3. The minimum absolute atomic E-state index is 0.101. The number of amides is 2. The Morgan fingerprint density at radius 2 is 1.58 bits per heavy atom. The van der Waals surface area contributed by atoms with Crippen molar-refractivity contribution in [2.45, 2.75) is 6.10 Å². The van der Waals surface area contributed by atoms with Crippen molar-refractivity contribution in [3.8, 4) is 5.75 Å². The summed E-state index contributed by atoms with van der Waals surface area (Å²) in [5.41, 5.74) is 4.70. The minimum Gasteiger partial charge on any atom is -0.484 e. The van der Waals surface area contributed by atoms with E-state index in [0.29, 0.717) is 11.4 Å². The Balaban J connectivity index is 1.47. The highest BCUT2D eigenvalue weighted by atomic mass is 16.5. The number of ether oxygens (including phenoxy) is 2. The highest BCUT2D eigenvalue weighted by Crippen LogP contribution is 2.16. The minimum atomic E-state index is -0.740. The largest absolute Gasteiger partial charge is 0.484 e. The molecule has 7 heteroatoms. The van der Waals surface area contributed by atoms with Gasteiger partial charge in [0.2, 0.25) is 0 Å². The summed E-state index contributed by atoms with van der Waals surface area (Å²) in [5, 5.41) is 6.73. The number of rotatable bonds is 9. The van der Waals surface area contributed by atoms with Crippen LogP contribution in [0.25, 0.3) is 0 Å². The van der Waals surface area contributed by atoms with Crippen molar-refractivity contribution in [1.29, 1.82) is 0 Å². The Hall–Kier alpha value is -3.97. The number of benzene rings is 3. The quantitative estimate of drug-likeness (QED) is 0.412. The van der Waals surface area contributed by atoms with Crippen LogP contribution in [0, 0.1) is 0 Å². The number of hydrazone groups is 1. The Kier molecular flexibility index (Phi) is 7.90. The Morgan fingerprint density at radius 3 is 2.23 bits per heavy atom. The number of carbonyl (C=O) groups is 2. The molecule has 3 rings (SSSR count). The van der Waals surface area contributed by atoms with Crippen molar-refractivity contribution < 1.29 is 19.1 Å². The second-order valence-electron chi connectivity index (χ2n) is 6.53. The number of methoxy groups -OCH3 is 1. The van der Waals surface area contributed by atoms with Crippen molar-refractivity contribution in [2.75, 3.05) is 19.0 Å². The van der Waals surface area contributed by atoms with Gasteiger partial charge in [0, 0.05) is 12.8 Å². The van der Waals surface area contributed by atoms with Gasteiger partial charge >= 0.3 is 0 Å². The van der Waals surface area contributed by atoms with E-state index in [1.807, 2.05) is 48.5 Å². The molecule has 1 atom stereocenters. The van der Waals surface area contributed by atoms with Crippen molar-refractivity contribution in [1.82, 2.24) is 5.43 Å². The van der Waals surface area contributed by atoms with E-state index in [-0.39, 0.29) is 18.4 Å². The molecule has 2 N–H and O–H groups in total. The highest BCUT2D eigenvalue weighted by molar-refractivity contribution is 5.91. The molecule has 0 saturated heterocycles. The molecule has 158 valence electrons. The number of nitrogens with one attached hydrogen (secondary N) is 2. The summed E-state index contributed by atoms with van der Waals surface area (Å²) < 4.78 is 10.8. The fraction of sp³-hybridized carbons (Fsp3) is 0.125. The van der Waals surface area contributed by atoms with E-state index < -0.39 is 6.10 Å². The van der Waals surface area contributed by atoms with Crippen LogP contribution < -0.4 is 15.5 Å². The monoisotopic (exact) mass is 417 g/mol. The van der Waals surface area contributed by atoms with Crippen LogP contribution >= 0.6 is 0 Å². The van der Waals surface area contributed by atoms with Gasteiger partial charge in [0.15, 0.2) is 12.7 Å². The first-order valence-electron chi connectivity index (χ1n) is 9.64. The molecular weight excluding hydrogens is 394 g/mol. The smallest absolute Gasteiger partial charge is 0.273 e. The molecule has 0 bridgehead atoms. The van der Waals surface area contributed by atoms with Crippen LogP contribution in [0.15, 0.2) is 90.0 Å². The van der Waals surface area contributed by atoms with Crippen molar-refractivity contribution in [3.05, 3.63) is 96.1 Å². The molecule has 0 aromatic heterocycles. The van der Waals surface area contributed by atoms with Gasteiger partial charge in [0.25, 0.3) is 11.8 Å². The molecule has 0 aliphatic heterocycles. The van der Waals surface area contributed by atoms with Crippen LogP contribution in [0.5, 0.6) is 5.75 Å². The molecule has 0 aliphatic rings. The van der Waals surface area contributed by atoms with Gasteiger partial charge < -0.3 is 14.8 Å². The number of para-hydroxylation sites is 1. The van der Waals surface area contributed by atoms with E-state index >= 15 is 0 Å². The van der Waals surface area contributed by atoms with E-state index in [0.717, 1.165) is 11.1 Å². The zero-order valence-electron chi connectivity index (χ0n) is 17.0. The molecule has 0 spiro atoms. The maximum atomic E-state index is 12.3. The number of hydrogen-bond acceptors (Lipinski definition) is 5. The predicted octanol–water partition coefficient (Wildman–Crippen LogP) is 3.54. The van der Waals surface area contributed by atoms with Crippen LogP contribution in [0.3, 0.4) is 0 Å². The number of hydrogen-bond donors (Lipinski definition) is 2. The first-order valence-corrected chi connectivity index (χ1v) is 9.64. The van der Waals surface area contributed by atoms with Gasteiger partial charge in [-0.25, -0.2) is 5.43 Å². The van der Waals surface area contributed by atoms with E-state index in [9.17, 15) is 9.59 Å². The fourth-order valence-corrected chi connectivity index (χ4v) is 2.77. The average molecular weight is 417 g/mol. The van der Waals surface area contributed by atoms with Gasteiger partial charge in [0.05, 0.1) is 6.21 Å². The lowest BCUT2D eigenvalue weighted by molar-refractivity contribution is -0.131. The topological polar surface area (TPSA) is 89.0 Å². The summed E-state index contributed by atoms with van der Waals surface area (Å²) in [5.74, 6) is -0.0621. The Bertz CT molecular complexity index is 1010. The third kappa shape index (κ3) is 6.80. The highest BCUT2D eigenvalue weighted by Gasteiger charge is 2.19. The maximum Gasteiger partial charge on any atom is 0.273 e. The first kappa shape index (κ1) is 21.7. The molecule has 0 radical (unpaired) electrons. The predicted molar refractivity (Wildman–Crippen MR) is 119 cm³/mol. The van der Waals surface area contributed by atoms with Crippen LogP contribution in [0.4, 0.5) is 5.69 Å². The average Bonchev–Trinajstić information content (AvgIpc) is 2.80. The molecule has 0 aliphatic carbocycles. The van der Waals surface area contributed by atoms with Gasteiger partial charge in [-0.3, -0.25) is 9.59 Å². The van der Waals surface area contributed by atoms with E-state index in [2.05, 4.69) is 15.8 Å². The first-order chi connectivity index (χ1) is 15.2. The zero-order chi connectivity index (χ0) is 21.9. The molecular formula is C24H23N3O4. The van der Waals surface area contributed by atoms with Gasteiger partial charge in [-0.05, 0) is 47.5 Å². The summed E-state index contributed by atoms with van der Waals surface area (Å²) in [6.45, 7) is -0.101. The summed E-state index contributed by atoms with van der Waals surface area (Å²) >= 11 is 0. The standard InChI is InChI=1S/C24H23N3O4/c1-30-23(19-8-4-2-5-9-19)24(29)27-25-16-18-12-14-21(15-13-18)31-17-22(28)26-20-10-6-3-7-11-20/h2-16,23H,17H2,1H3,(H,26,28)(H,27,29). The Labute approximate surface area is 180 Å². The maximum absolute atomic E-state index is 12.3. The van der Waals surface area contributed by atoms with E-state index in [4.69, 9.17) is 9.47 Å². The van der Waals surface area contributed by atoms with E-state index in [1.54, 1.807) is 36.4 Å². The molecule has 3 aromatic carbocycles. The Morgan fingerprint density at radius 1 is 0.935 bits per heavy atom. The molecule has 0 heterocycles. The van der Waals surface area contributed by atoms with Crippen LogP contribution in [-0.2, 0) is 14.3 Å². The molecule has 2 amide bonds. The number of anilines is 1. The second-order valence-corrected chi connectivity index (χ2v) is 6.53. The van der Waals surface area contributed by atoms with Crippen LogP contribution in [-0.4, -0.2) is 31.7 Å². The fourth-order valence-electron chi connectivity index (χ4n) is 2.77. The number of nitrogens with zero attached hydrogens (tertiary/aromatic N) is 1. The van der Waals surface area contributed by atoms with Crippen molar-refractivity contribution in [3.63, 3.8) is 0 Å². The van der Waals surface area contributed by atoms with E-state index in [1.165, 1.54) is 13.3 Å². The lowest BCUT2D eigenvalue weighted by atomic mass is 10.1. The van der Waals surface area contributed by atoms with Crippen LogP contribution in [0.2, 0.25) is 0 Å².